The molecule has 3 rings (SSSR count). The largest absolute Gasteiger partial charge is 0.467 e. The second-order valence-electron chi connectivity index (χ2n) is 5.49. The van der Waals surface area contributed by atoms with E-state index < -0.39 is 23.8 Å². The quantitative estimate of drug-likeness (QED) is 0.615. The predicted octanol–water partition coefficient (Wildman–Crippen LogP) is 4.02. The minimum absolute atomic E-state index is 0.0193. The molecule has 0 N–H and O–H groups in total. The normalized spacial score (nSPS) is 12.8. The van der Waals surface area contributed by atoms with Gasteiger partial charge < -0.3 is 9.47 Å². The van der Waals surface area contributed by atoms with Gasteiger partial charge in [-0.1, -0.05) is 16.8 Å². The van der Waals surface area contributed by atoms with Crippen molar-refractivity contribution in [3.8, 4) is 11.5 Å². The molecule has 0 radical (unpaired) electrons. The van der Waals surface area contributed by atoms with E-state index in [1.807, 2.05) is 0 Å². The number of ether oxygens (including phenoxy) is 2. The van der Waals surface area contributed by atoms with Crippen LogP contribution in [0.15, 0.2) is 30.5 Å². The number of hydrogen-bond donors (Lipinski definition) is 0. The fourth-order valence-electron chi connectivity index (χ4n) is 2.31. The van der Waals surface area contributed by atoms with Crippen molar-refractivity contribution in [2.24, 2.45) is 0 Å². The third kappa shape index (κ3) is 3.80. The van der Waals surface area contributed by atoms with Crippen LogP contribution in [0.25, 0.3) is 11.2 Å². The molecule has 0 aliphatic rings. The van der Waals surface area contributed by atoms with E-state index in [0.717, 1.165) is 18.2 Å². The number of methoxy groups -OCH3 is 1. The fourth-order valence-corrected chi connectivity index (χ4v) is 2.53. The molecule has 2 aromatic heterocycles. The highest BCUT2D eigenvalue weighted by molar-refractivity contribution is 6.32. The van der Waals surface area contributed by atoms with Crippen molar-refractivity contribution in [3.05, 3.63) is 41.0 Å². The molecule has 0 aliphatic heterocycles. The summed E-state index contributed by atoms with van der Waals surface area (Å²) in [5.41, 5.74) is -0.243. The number of halogens is 4. The zero-order valence-electron chi connectivity index (χ0n) is 14.0. The lowest BCUT2D eigenvalue weighted by Gasteiger charge is -2.12. The van der Waals surface area contributed by atoms with Crippen LogP contribution in [0.4, 0.5) is 13.2 Å². The van der Waals surface area contributed by atoms with Crippen LogP contribution in [-0.4, -0.2) is 33.1 Å². The average molecular weight is 401 g/mol. The topological polar surface area (TPSA) is 79.1 Å². The molecule has 3 aromatic rings. The number of esters is 1. The summed E-state index contributed by atoms with van der Waals surface area (Å²) in [6.45, 7) is 1.57. The molecule has 7 nitrogen and oxygen atoms in total. The van der Waals surface area contributed by atoms with Crippen LogP contribution in [0.1, 0.15) is 18.5 Å². The van der Waals surface area contributed by atoms with E-state index in [-0.39, 0.29) is 22.2 Å². The number of hydrogen-bond acceptors (Lipinski definition) is 6. The summed E-state index contributed by atoms with van der Waals surface area (Å²) in [7, 11) is 1.25. The number of carbonyl (C=O) groups is 1. The smallest absolute Gasteiger partial charge is 0.416 e. The predicted molar refractivity (Wildman–Crippen MR) is 88.6 cm³/mol. The van der Waals surface area contributed by atoms with Gasteiger partial charge in [-0.2, -0.15) is 13.2 Å². The molecular weight excluding hydrogens is 389 g/mol. The van der Waals surface area contributed by atoms with Gasteiger partial charge in [0.2, 0.25) is 5.65 Å². The van der Waals surface area contributed by atoms with Crippen LogP contribution >= 0.6 is 11.6 Å². The van der Waals surface area contributed by atoms with Gasteiger partial charge in [0.1, 0.15) is 23.1 Å². The van der Waals surface area contributed by atoms with Crippen LogP contribution in [0.5, 0.6) is 11.5 Å². The Labute approximate surface area is 155 Å². The number of benzene rings is 1. The molecule has 1 aromatic carbocycles. The Morgan fingerprint density at radius 3 is 2.67 bits per heavy atom. The molecule has 0 amide bonds. The van der Waals surface area contributed by atoms with Gasteiger partial charge in [0.05, 0.1) is 23.9 Å². The van der Waals surface area contributed by atoms with Gasteiger partial charge in [-0.25, -0.2) is 14.5 Å². The molecule has 2 heterocycles. The molecule has 0 spiro atoms. The number of nitrogens with zero attached hydrogens (tertiary/aromatic N) is 4. The van der Waals surface area contributed by atoms with E-state index in [4.69, 9.17) is 16.3 Å². The Hall–Kier alpha value is -2.88. The van der Waals surface area contributed by atoms with Crippen molar-refractivity contribution in [2.75, 3.05) is 7.11 Å². The summed E-state index contributed by atoms with van der Waals surface area (Å²) in [6, 6.07) is 3.48. The first-order valence-corrected chi connectivity index (χ1v) is 7.92. The fraction of sp³-hybridized carbons (Fsp3) is 0.250. The second-order valence-corrected chi connectivity index (χ2v) is 5.90. The molecular formula is C16H12ClF3N4O3. The lowest BCUT2D eigenvalue weighted by Crippen LogP contribution is -2.18. The van der Waals surface area contributed by atoms with E-state index in [1.165, 1.54) is 24.1 Å². The maximum Gasteiger partial charge on any atom is 0.416 e. The van der Waals surface area contributed by atoms with E-state index >= 15 is 0 Å². The third-order valence-electron chi connectivity index (χ3n) is 3.70. The van der Waals surface area contributed by atoms with Gasteiger partial charge in [-0.05, 0) is 25.1 Å². The molecule has 0 saturated heterocycles. The first kappa shape index (κ1) is 18.9. The Bertz CT molecular complexity index is 1010. The van der Waals surface area contributed by atoms with Gasteiger partial charge in [0.15, 0.2) is 0 Å². The number of fused-ring (bicyclic) bond motifs is 1. The number of rotatable bonds is 4. The molecule has 0 saturated carbocycles. The maximum atomic E-state index is 12.7. The summed E-state index contributed by atoms with van der Waals surface area (Å²) in [5, 5.41) is 7.50. The first-order chi connectivity index (χ1) is 12.7. The van der Waals surface area contributed by atoms with E-state index in [9.17, 15) is 18.0 Å². The van der Waals surface area contributed by atoms with Crippen molar-refractivity contribution in [3.63, 3.8) is 0 Å². The molecule has 0 fully saturated rings. The van der Waals surface area contributed by atoms with Crippen molar-refractivity contribution in [2.45, 2.75) is 19.1 Å². The Kier molecular flexibility index (Phi) is 4.92. The zero-order valence-corrected chi connectivity index (χ0v) is 14.7. The van der Waals surface area contributed by atoms with Gasteiger partial charge in [0.25, 0.3) is 0 Å². The summed E-state index contributed by atoms with van der Waals surface area (Å²) in [6.07, 6.45) is -3.19. The number of pyridine rings is 1. The number of aromatic nitrogens is 4. The van der Waals surface area contributed by atoms with Gasteiger partial charge >= 0.3 is 12.1 Å². The molecule has 11 heteroatoms. The second kappa shape index (κ2) is 7.03. The SMILES string of the molecule is COC(=O)C(C)n1nnc2ncc(Oc3ccc(C(F)(F)F)cc3Cl)cc21. The van der Waals surface area contributed by atoms with Crippen molar-refractivity contribution in [1.29, 1.82) is 0 Å². The van der Waals surface area contributed by atoms with Crippen molar-refractivity contribution < 1.29 is 27.4 Å². The highest BCUT2D eigenvalue weighted by Crippen LogP contribution is 2.36. The summed E-state index contributed by atoms with van der Waals surface area (Å²) in [4.78, 5) is 15.8. The summed E-state index contributed by atoms with van der Waals surface area (Å²) >= 11 is 5.89. The average Bonchev–Trinajstić information content (AvgIpc) is 3.04. The maximum absolute atomic E-state index is 12.7. The van der Waals surface area contributed by atoms with E-state index in [0.29, 0.717) is 5.52 Å². The minimum atomic E-state index is -4.51. The molecule has 1 atom stereocenters. The zero-order chi connectivity index (χ0) is 19.8. The van der Waals surface area contributed by atoms with Gasteiger partial charge in [-0.3, -0.25) is 0 Å². The monoisotopic (exact) mass is 400 g/mol. The standard InChI is InChI=1S/C16H12ClF3N4O3/c1-8(15(25)26-2)24-12-6-10(7-21-14(12)22-23-24)27-13-4-3-9(5-11(13)17)16(18,19)20/h3-8H,1-2H3. The van der Waals surface area contributed by atoms with Crippen LogP contribution in [-0.2, 0) is 15.7 Å². The molecule has 27 heavy (non-hydrogen) atoms. The minimum Gasteiger partial charge on any atom is -0.467 e. The van der Waals surface area contributed by atoms with Crippen molar-refractivity contribution in [1.82, 2.24) is 20.0 Å². The Balaban J connectivity index is 1.93. The van der Waals surface area contributed by atoms with Gasteiger partial charge in [0, 0.05) is 6.07 Å². The Morgan fingerprint density at radius 1 is 1.30 bits per heavy atom. The summed E-state index contributed by atoms with van der Waals surface area (Å²) < 4.78 is 49.7. The van der Waals surface area contributed by atoms with E-state index in [1.54, 1.807) is 6.92 Å². The molecule has 0 aliphatic carbocycles. The van der Waals surface area contributed by atoms with Gasteiger partial charge in [-0.15, -0.1) is 5.10 Å². The third-order valence-corrected chi connectivity index (χ3v) is 4.00. The van der Waals surface area contributed by atoms with Crippen LogP contribution < -0.4 is 4.74 Å². The van der Waals surface area contributed by atoms with E-state index in [2.05, 4.69) is 20.0 Å². The first-order valence-electron chi connectivity index (χ1n) is 7.54. The highest BCUT2D eigenvalue weighted by atomic mass is 35.5. The molecule has 0 bridgehead atoms. The molecule has 1 unspecified atom stereocenters. The lowest BCUT2D eigenvalue weighted by molar-refractivity contribution is -0.144. The van der Waals surface area contributed by atoms with Crippen LogP contribution in [0, 0.1) is 0 Å². The Morgan fingerprint density at radius 2 is 2.04 bits per heavy atom. The van der Waals surface area contributed by atoms with Crippen molar-refractivity contribution >= 4 is 28.7 Å². The summed E-state index contributed by atoms with van der Waals surface area (Å²) in [5.74, 6) is -0.325. The number of carbonyl (C=O) groups excluding carboxylic acids is 1. The van der Waals surface area contributed by atoms with Crippen LogP contribution in [0.2, 0.25) is 5.02 Å². The van der Waals surface area contributed by atoms with Crippen LogP contribution in [0.3, 0.4) is 0 Å². The molecule has 142 valence electrons. The number of alkyl halides is 3. The highest BCUT2D eigenvalue weighted by Gasteiger charge is 2.31. The lowest BCUT2D eigenvalue weighted by atomic mass is 10.2.